The third-order valence-electron chi connectivity index (χ3n) is 2.61. The Kier molecular flexibility index (Phi) is 2.86. The molecule has 5 heteroatoms. The number of rotatable bonds is 2. The van der Waals surface area contributed by atoms with Crippen LogP contribution in [0.2, 0.25) is 0 Å². The number of amidine groups is 1. The minimum Gasteiger partial charge on any atom is -0.303 e. The number of carbonyl (C=O) groups is 1. The Hall–Kier alpha value is -2.82. The Morgan fingerprint density at radius 2 is 1.89 bits per heavy atom. The number of aromatic nitrogens is 2. The lowest BCUT2D eigenvalue weighted by molar-refractivity contribution is -0.115. The molecule has 0 saturated heterocycles. The van der Waals surface area contributed by atoms with Gasteiger partial charge >= 0.3 is 0 Å². The van der Waals surface area contributed by atoms with Gasteiger partial charge in [0.25, 0.3) is 5.91 Å². The molecule has 1 aliphatic heterocycles. The zero-order valence-corrected chi connectivity index (χ0v) is 9.95. The van der Waals surface area contributed by atoms with E-state index in [-0.39, 0.29) is 5.91 Å². The van der Waals surface area contributed by atoms with E-state index in [1.807, 2.05) is 24.3 Å². The van der Waals surface area contributed by atoms with Crippen molar-refractivity contribution in [1.82, 2.24) is 15.3 Å². The molecule has 0 bridgehead atoms. The molecule has 0 aliphatic carbocycles. The summed E-state index contributed by atoms with van der Waals surface area (Å²) in [5.74, 6) is 0.253. The average molecular weight is 250 g/mol. The van der Waals surface area contributed by atoms with Crippen molar-refractivity contribution in [3.05, 3.63) is 65.9 Å². The van der Waals surface area contributed by atoms with Gasteiger partial charge < -0.3 is 5.32 Å². The highest BCUT2D eigenvalue weighted by Crippen LogP contribution is 2.13. The Morgan fingerprint density at radius 1 is 1.05 bits per heavy atom. The first kappa shape index (κ1) is 11.3. The van der Waals surface area contributed by atoms with E-state index < -0.39 is 0 Å². The summed E-state index contributed by atoms with van der Waals surface area (Å²) in [5, 5.41) is 2.71. The minimum absolute atomic E-state index is 0.225. The fourth-order valence-corrected chi connectivity index (χ4v) is 1.71. The SMILES string of the molecule is O=C1NC(c2ccccn2)=N/C1=C/c1ccncc1. The van der Waals surface area contributed by atoms with Crippen LogP contribution in [-0.2, 0) is 4.79 Å². The Bertz CT molecular complexity index is 662. The van der Waals surface area contributed by atoms with Crippen molar-refractivity contribution >= 4 is 17.8 Å². The monoisotopic (exact) mass is 250 g/mol. The summed E-state index contributed by atoms with van der Waals surface area (Å²) in [5.41, 5.74) is 1.90. The molecule has 0 radical (unpaired) electrons. The second-order valence-corrected chi connectivity index (χ2v) is 3.94. The molecule has 3 heterocycles. The maximum atomic E-state index is 11.8. The molecule has 1 aliphatic rings. The molecule has 92 valence electrons. The molecule has 0 atom stereocenters. The summed E-state index contributed by atoms with van der Waals surface area (Å²) in [7, 11) is 0. The fraction of sp³-hybridized carbons (Fsp3) is 0. The molecule has 1 amide bonds. The van der Waals surface area contributed by atoms with Crippen LogP contribution in [0.15, 0.2) is 59.6 Å². The standard InChI is InChI=1S/C14H10N4O/c19-14-12(9-10-4-7-15-8-5-10)17-13(18-14)11-3-1-2-6-16-11/h1-9H,(H,17,18,19)/b12-9+. The van der Waals surface area contributed by atoms with E-state index in [4.69, 9.17) is 0 Å². The van der Waals surface area contributed by atoms with E-state index in [2.05, 4.69) is 20.3 Å². The first-order valence-electron chi connectivity index (χ1n) is 5.76. The molecule has 0 saturated carbocycles. The van der Waals surface area contributed by atoms with Gasteiger partial charge in [-0.3, -0.25) is 14.8 Å². The first-order valence-corrected chi connectivity index (χ1v) is 5.76. The third kappa shape index (κ3) is 2.40. The van der Waals surface area contributed by atoms with Gasteiger partial charge in [0.1, 0.15) is 11.4 Å². The lowest BCUT2D eigenvalue weighted by Crippen LogP contribution is -2.25. The Balaban J connectivity index is 1.94. The predicted molar refractivity (Wildman–Crippen MR) is 71.1 cm³/mol. The number of pyridine rings is 2. The largest absolute Gasteiger partial charge is 0.303 e. The predicted octanol–water partition coefficient (Wildman–Crippen LogP) is 1.39. The molecule has 1 N–H and O–H groups in total. The van der Waals surface area contributed by atoms with Gasteiger partial charge in [0, 0.05) is 18.6 Å². The van der Waals surface area contributed by atoms with Gasteiger partial charge in [-0.15, -0.1) is 0 Å². The van der Waals surface area contributed by atoms with E-state index in [0.717, 1.165) is 5.56 Å². The van der Waals surface area contributed by atoms with E-state index in [0.29, 0.717) is 17.2 Å². The molecule has 0 unspecified atom stereocenters. The number of nitrogens with one attached hydrogen (secondary N) is 1. The second kappa shape index (κ2) is 4.81. The summed E-state index contributed by atoms with van der Waals surface area (Å²) in [6.45, 7) is 0. The first-order chi connectivity index (χ1) is 9.33. The zero-order chi connectivity index (χ0) is 13.1. The summed E-state index contributed by atoms with van der Waals surface area (Å²) >= 11 is 0. The highest BCUT2D eigenvalue weighted by atomic mass is 16.2. The van der Waals surface area contributed by atoms with E-state index >= 15 is 0 Å². The smallest absolute Gasteiger partial charge is 0.275 e. The van der Waals surface area contributed by atoms with Crippen LogP contribution in [0.1, 0.15) is 11.3 Å². The molecule has 0 spiro atoms. The molecule has 2 aromatic heterocycles. The van der Waals surface area contributed by atoms with Crippen LogP contribution in [-0.4, -0.2) is 21.7 Å². The van der Waals surface area contributed by atoms with Crippen LogP contribution in [0.25, 0.3) is 6.08 Å². The van der Waals surface area contributed by atoms with Crippen molar-refractivity contribution in [3.8, 4) is 0 Å². The molecule has 0 aromatic carbocycles. The Morgan fingerprint density at radius 3 is 2.63 bits per heavy atom. The van der Waals surface area contributed by atoms with Crippen molar-refractivity contribution in [2.45, 2.75) is 0 Å². The highest BCUT2D eigenvalue weighted by molar-refractivity contribution is 6.19. The number of aliphatic imine (C=N–C) groups is 1. The van der Waals surface area contributed by atoms with Crippen molar-refractivity contribution in [3.63, 3.8) is 0 Å². The van der Waals surface area contributed by atoms with Gasteiger partial charge in [-0.05, 0) is 35.9 Å². The number of nitrogens with zero attached hydrogens (tertiary/aromatic N) is 3. The van der Waals surface area contributed by atoms with E-state index in [1.54, 1.807) is 30.7 Å². The van der Waals surface area contributed by atoms with E-state index in [9.17, 15) is 4.79 Å². The van der Waals surface area contributed by atoms with Crippen molar-refractivity contribution in [1.29, 1.82) is 0 Å². The average Bonchev–Trinajstić information content (AvgIpc) is 2.82. The lowest BCUT2D eigenvalue weighted by Gasteiger charge is -1.97. The van der Waals surface area contributed by atoms with Gasteiger partial charge in [-0.25, -0.2) is 4.99 Å². The van der Waals surface area contributed by atoms with E-state index in [1.165, 1.54) is 0 Å². The molecule has 2 aromatic rings. The summed E-state index contributed by atoms with van der Waals surface area (Å²) < 4.78 is 0. The third-order valence-corrected chi connectivity index (χ3v) is 2.61. The van der Waals surface area contributed by atoms with Crippen LogP contribution < -0.4 is 5.32 Å². The summed E-state index contributed by atoms with van der Waals surface area (Å²) in [4.78, 5) is 24.2. The Labute approximate surface area is 109 Å². The summed E-state index contributed by atoms with van der Waals surface area (Å²) in [6, 6.07) is 9.09. The molecular weight excluding hydrogens is 240 g/mol. The van der Waals surface area contributed by atoms with Gasteiger partial charge in [0.15, 0.2) is 5.84 Å². The van der Waals surface area contributed by atoms with Crippen LogP contribution in [0, 0.1) is 0 Å². The van der Waals surface area contributed by atoms with Gasteiger partial charge in [0.05, 0.1) is 0 Å². The second-order valence-electron chi connectivity index (χ2n) is 3.94. The number of amides is 1. The number of hydrogen-bond donors (Lipinski definition) is 1. The van der Waals surface area contributed by atoms with Crippen LogP contribution in [0.5, 0.6) is 0 Å². The fourth-order valence-electron chi connectivity index (χ4n) is 1.71. The molecule has 5 nitrogen and oxygen atoms in total. The molecular formula is C14H10N4O. The quantitative estimate of drug-likeness (QED) is 0.819. The number of hydrogen-bond acceptors (Lipinski definition) is 4. The topological polar surface area (TPSA) is 67.2 Å². The van der Waals surface area contributed by atoms with Crippen LogP contribution in [0.4, 0.5) is 0 Å². The van der Waals surface area contributed by atoms with Crippen LogP contribution >= 0.6 is 0 Å². The van der Waals surface area contributed by atoms with Gasteiger partial charge in [-0.1, -0.05) is 6.07 Å². The molecule has 3 rings (SSSR count). The zero-order valence-electron chi connectivity index (χ0n) is 9.95. The van der Waals surface area contributed by atoms with Gasteiger partial charge in [0.2, 0.25) is 0 Å². The minimum atomic E-state index is -0.225. The van der Waals surface area contributed by atoms with Gasteiger partial charge in [-0.2, -0.15) is 0 Å². The van der Waals surface area contributed by atoms with Crippen molar-refractivity contribution in [2.24, 2.45) is 4.99 Å². The van der Waals surface area contributed by atoms with Crippen molar-refractivity contribution < 1.29 is 4.79 Å². The van der Waals surface area contributed by atoms with Crippen LogP contribution in [0.3, 0.4) is 0 Å². The highest BCUT2D eigenvalue weighted by Gasteiger charge is 2.21. The maximum absolute atomic E-state index is 11.8. The normalized spacial score (nSPS) is 16.3. The lowest BCUT2D eigenvalue weighted by atomic mass is 10.2. The van der Waals surface area contributed by atoms with Crippen molar-refractivity contribution in [2.75, 3.05) is 0 Å². The number of carbonyl (C=O) groups excluding carboxylic acids is 1. The molecule has 19 heavy (non-hydrogen) atoms. The summed E-state index contributed by atoms with van der Waals surface area (Å²) in [6.07, 6.45) is 6.72. The molecule has 0 fully saturated rings. The maximum Gasteiger partial charge on any atom is 0.275 e.